The van der Waals surface area contributed by atoms with Gasteiger partial charge in [0.05, 0.1) is 0 Å². The molecule has 0 aliphatic rings. The average Bonchev–Trinajstić information content (AvgIpc) is 2.34. The van der Waals surface area contributed by atoms with Gasteiger partial charge in [-0.15, -0.1) is 0 Å². The predicted octanol–water partition coefficient (Wildman–Crippen LogP) is 10.1. The predicted molar refractivity (Wildman–Crippen MR) is 328 cm³/mol. The Labute approximate surface area is 527 Å². The Bertz CT molecular complexity index is 3140. The van der Waals surface area contributed by atoms with Crippen molar-refractivity contribution < 1.29 is 75.3 Å². The van der Waals surface area contributed by atoms with Crippen molar-refractivity contribution in [2.45, 2.75) is 41.5 Å². The molecule has 0 saturated carbocycles. The number of ether oxygens (including phenoxy) is 6. The van der Waals surface area contributed by atoms with Gasteiger partial charge in [0.15, 0.2) is 0 Å². The van der Waals surface area contributed by atoms with E-state index < -0.39 is 99.0 Å². The van der Waals surface area contributed by atoms with Crippen molar-refractivity contribution in [1.82, 2.24) is 0 Å². The quantitative estimate of drug-likeness (QED) is 0.0203. The van der Waals surface area contributed by atoms with E-state index in [1.807, 2.05) is 18.2 Å². The number of carbonyl (C=O) groups excluding carboxylic acids is 6. The van der Waals surface area contributed by atoms with Gasteiger partial charge >= 0.3 is 532 Å². The van der Waals surface area contributed by atoms with Crippen LogP contribution in [0.4, 0.5) is 0 Å². The summed E-state index contributed by atoms with van der Waals surface area (Å²) >= 11 is -12.1. The molecule has 0 aliphatic carbocycles. The first kappa shape index (κ1) is 65.6. The van der Waals surface area contributed by atoms with Crippen LogP contribution in [0.3, 0.4) is 0 Å². The van der Waals surface area contributed by atoms with Crippen molar-refractivity contribution in [1.29, 1.82) is 0 Å². The molecule has 7 aromatic rings. The third kappa shape index (κ3) is 20.1. The molecule has 0 aliphatic heterocycles. The molecule has 7 rings (SSSR count). The van der Waals surface area contributed by atoms with Crippen molar-refractivity contribution >= 4 is 109 Å². The molecule has 0 saturated heterocycles. The molecule has 0 fully saturated rings. The molecule has 444 valence electrons. The molecular formula is C66H57O18Sb3. The summed E-state index contributed by atoms with van der Waals surface area (Å²) in [6.07, 6.45) is 0. The van der Waals surface area contributed by atoms with Crippen LogP contribution in [-0.4, -0.2) is 99.0 Å². The van der Waals surface area contributed by atoms with Crippen LogP contribution in [0.25, 0.3) is 0 Å². The van der Waals surface area contributed by atoms with Crippen molar-refractivity contribution in [3.05, 3.63) is 237 Å². The van der Waals surface area contributed by atoms with Gasteiger partial charge in [0.2, 0.25) is 0 Å². The Morgan fingerprint density at radius 3 is 0.460 bits per heavy atom. The van der Waals surface area contributed by atoms with Crippen LogP contribution < -0.4 is 57.0 Å². The van der Waals surface area contributed by atoms with Crippen LogP contribution in [0.2, 0.25) is 0 Å². The first-order valence-electron chi connectivity index (χ1n) is 25.9. The molecule has 0 bridgehead atoms. The maximum atomic E-state index is 12.5. The molecule has 0 aromatic heterocycles. The molecular weight excluding hydrogens is 1450 g/mol. The van der Waals surface area contributed by atoms with Crippen LogP contribution in [0.15, 0.2) is 237 Å². The van der Waals surface area contributed by atoms with E-state index >= 15 is 0 Å². The third-order valence-electron chi connectivity index (χ3n) is 10.9. The number of rotatable bonds is 27. The zero-order chi connectivity index (χ0) is 62.9. The molecule has 0 N–H and O–H groups in total. The van der Waals surface area contributed by atoms with Gasteiger partial charge < -0.3 is 0 Å². The normalized spacial score (nSPS) is 10.6. The van der Waals surface area contributed by atoms with Crippen molar-refractivity contribution in [2.24, 2.45) is 0 Å². The van der Waals surface area contributed by atoms with E-state index in [0.29, 0.717) is 45.0 Å². The molecule has 0 radical (unpaired) electrons. The van der Waals surface area contributed by atoms with Gasteiger partial charge in [0.1, 0.15) is 0 Å². The number of benzene rings is 7. The molecule has 18 nitrogen and oxygen atoms in total. The second-order valence-corrected chi connectivity index (χ2v) is 30.8. The zero-order valence-corrected chi connectivity index (χ0v) is 55.7. The maximum absolute atomic E-state index is 12.5. The first-order valence-corrected chi connectivity index (χ1v) is 36.0. The SMILES string of the molecule is C=C(C)C(=O)Oc1ccc([O][Sb]([O]c2ccc(OC(=O)C(=C)C)cc2)[c]2c[c]([Sb]([O]c3ccc(OC(=O)C(=C)C)cc3)[O]c3ccc(OC(=O)C(=C)C)cc3)c[c]([Sb]([O]c3ccc(OC(=O)C(=C)C)cc3)[O]c3ccc(OC(=O)C(=C)C)cc3)c2)cc1. The van der Waals surface area contributed by atoms with Gasteiger partial charge in [-0.05, 0) is 0 Å². The molecule has 0 unspecified atom stereocenters. The summed E-state index contributed by atoms with van der Waals surface area (Å²) in [5.41, 5.74) is 1.20. The second-order valence-electron chi connectivity index (χ2n) is 18.9. The van der Waals surface area contributed by atoms with Gasteiger partial charge in [0.25, 0.3) is 0 Å². The van der Waals surface area contributed by atoms with Crippen LogP contribution >= 0.6 is 0 Å². The Balaban J connectivity index is 1.43. The molecule has 21 heteroatoms. The number of hydrogen-bond donors (Lipinski definition) is 0. The summed E-state index contributed by atoms with van der Waals surface area (Å²) in [4.78, 5) is 75.0. The first-order chi connectivity index (χ1) is 41.4. The Morgan fingerprint density at radius 1 is 0.230 bits per heavy atom. The van der Waals surface area contributed by atoms with E-state index in [9.17, 15) is 28.8 Å². The molecule has 0 amide bonds. The van der Waals surface area contributed by atoms with Crippen molar-refractivity contribution in [3.8, 4) is 69.0 Å². The van der Waals surface area contributed by atoms with E-state index in [0.717, 1.165) is 0 Å². The van der Waals surface area contributed by atoms with Crippen LogP contribution in [0.5, 0.6) is 69.0 Å². The van der Waals surface area contributed by atoms with Crippen LogP contribution in [-0.2, 0) is 28.8 Å². The van der Waals surface area contributed by atoms with Crippen molar-refractivity contribution in [3.63, 3.8) is 0 Å². The van der Waals surface area contributed by atoms with Gasteiger partial charge in [0, 0.05) is 0 Å². The number of esters is 6. The zero-order valence-electron chi connectivity index (χ0n) is 48.0. The minimum absolute atomic E-state index is 0.200. The summed E-state index contributed by atoms with van der Waals surface area (Å²) in [6, 6.07) is 43.8. The Kier molecular flexibility index (Phi) is 23.3. The summed E-state index contributed by atoms with van der Waals surface area (Å²) < 4.78 is 76.0. The van der Waals surface area contributed by atoms with Gasteiger partial charge in [-0.1, -0.05) is 0 Å². The van der Waals surface area contributed by atoms with Crippen LogP contribution in [0, 0.1) is 0 Å². The van der Waals surface area contributed by atoms with Gasteiger partial charge in [-0.3, -0.25) is 0 Å². The summed E-state index contributed by atoms with van der Waals surface area (Å²) in [7, 11) is 0. The van der Waals surface area contributed by atoms with E-state index in [-0.39, 0.29) is 67.9 Å². The molecule has 0 heterocycles. The fourth-order valence-electron chi connectivity index (χ4n) is 6.42. The Hall–Kier alpha value is -8.95. The van der Waals surface area contributed by atoms with E-state index in [1.54, 1.807) is 146 Å². The molecule has 0 atom stereocenters. The summed E-state index contributed by atoms with van der Waals surface area (Å²) in [5, 5.41) is 0. The summed E-state index contributed by atoms with van der Waals surface area (Å²) in [5.74, 6) is -0.328. The van der Waals surface area contributed by atoms with Crippen molar-refractivity contribution in [2.75, 3.05) is 0 Å². The standard InChI is InChI=1S/6C10H10O3.C6H3.3Sb/c6*1-7(2)10(12)13-9-5-3-8(11)4-6-9;1-2-4-6-5-3-1;;;/h6*3-6,11H,1H2,2H3;1,4-5H;;;/q;;;;;;;3*+2/p-6. The van der Waals surface area contributed by atoms with E-state index in [1.165, 1.54) is 41.5 Å². The fourth-order valence-corrected chi connectivity index (χ4v) is 20.8. The number of carbonyl (C=O) groups is 6. The molecule has 87 heavy (non-hydrogen) atoms. The second kappa shape index (κ2) is 30.9. The fraction of sp³-hybridized carbons (Fsp3) is 0.0909. The number of hydrogen-bond acceptors (Lipinski definition) is 18. The molecule has 0 spiro atoms. The van der Waals surface area contributed by atoms with Crippen LogP contribution in [0.1, 0.15) is 41.5 Å². The van der Waals surface area contributed by atoms with Gasteiger partial charge in [-0.25, -0.2) is 0 Å². The topological polar surface area (TPSA) is 213 Å². The Morgan fingerprint density at radius 2 is 0.345 bits per heavy atom. The minimum atomic E-state index is -4.04. The summed E-state index contributed by atoms with van der Waals surface area (Å²) in [6.45, 7) is 31.2. The van der Waals surface area contributed by atoms with E-state index in [2.05, 4.69) is 39.5 Å². The average molecular weight is 1500 g/mol. The van der Waals surface area contributed by atoms with E-state index in [4.69, 9.17) is 46.5 Å². The van der Waals surface area contributed by atoms with Gasteiger partial charge in [-0.2, -0.15) is 0 Å². The molecule has 7 aromatic carbocycles. The third-order valence-corrected chi connectivity index (χ3v) is 23.2. The monoisotopic (exact) mass is 1500 g/mol.